The highest BCUT2D eigenvalue weighted by atomic mass is 35.5. The Morgan fingerprint density at radius 2 is 1.63 bits per heavy atom. The number of benzene rings is 2. The van der Waals surface area contributed by atoms with E-state index < -0.39 is 0 Å². The van der Waals surface area contributed by atoms with E-state index in [4.69, 9.17) is 11.6 Å². The second-order valence-corrected chi connectivity index (χ2v) is 4.70. The molecule has 0 fully saturated rings. The summed E-state index contributed by atoms with van der Waals surface area (Å²) in [5.41, 5.74) is 2.45. The molecule has 0 saturated carbocycles. The predicted octanol–water partition coefficient (Wildman–Crippen LogP) is 4.34. The van der Waals surface area contributed by atoms with Crippen LogP contribution in [0.1, 0.15) is 11.1 Å². The second-order valence-electron chi connectivity index (χ2n) is 4.43. The highest BCUT2D eigenvalue weighted by Crippen LogP contribution is 2.20. The van der Waals surface area contributed by atoms with E-state index in [1.165, 1.54) is 24.3 Å². The second kappa shape index (κ2) is 6.02. The Balaban J connectivity index is 2.17. The molecular formula is C15H14ClF2N. The third-order valence-corrected chi connectivity index (χ3v) is 3.18. The number of halogens is 3. The van der Waals surface area contributed by atoms with Crippen LogP contribution in [-0.2, 0) is 12.4 Å². The van der Waals surface area contributed by atoms with Gasteiger partial charge in [-0.15, -0.1) is 11.6 Å². The van der Waals surface area contributed by atoms with Crippen LogP contribution in [0.2, 0.25) is 0 Å². The molecule has 4 heteroatoms. The SMILES string of the molecule is CN(Cc1ccc(F)cc1)c1cc(F)cc(CCl)c1. The molecule has 0 radical (unpaired) electrons. The van der Waals surface area contributed by atoms with Gasteiger partial charge in [-0.05, 0) is 41.5 Å². The van der Waals surface area contributed by atoms with Crippen LogP contribution in [-0.4, -0.2) is 7.05 Å². The van der Waals surface area contributed by atoms with Crippen molar-refractivity contribution < 1.29 is 8.78 Å². The highest BCUT2D eigenvalue weighted by molar-refractivity contribution is 6.17. The third kappa shape index (κ3) is 3.67. The molecule has 0 aromatic heterocycles. The van der Waals surface area contributed by atoms with Crippen molar-refractivity contribution in [3.05, 3.63) is 65.2 Å². The molecule has 0 spiro atoms. The number of hydrogen-bond acceptors (Lipinski definition) is 1. The van der Waals surface area contributed by atoms with Crippen LogP contribution in [0.25, 0.3) is 0 Å². The van der Waals surface area contributed by atoms with E-state index in [1.807, 2.05) is 18.0 Å². The van der Waals surface area contributed by atoms with Gasteiger partial charge in [0.1, 0.15) is 11.6 Å². The number of hydrogen-bond donors (Lipinski definition) is 0. The Bertz CT molecular complexity index is 555. The van der Waals surface area contributed by atoms with E-state index in [0.29, 0.717) is 6.54 Å². The summed E-state index contributed by atoms with van der Waals surface area (Å²) in [5.74, 6) is -0.296. The number of nitrogens with zero attached hydrogens (tertiary/aromatic N) is 1. The normalized spacial score (nSPS) is 10.5. The molecule has 1 nitrogen and oxygen atoms in total. The van der Waals surface area contributed by atoms with Crippen molar-refractivity contribution in [1.82, 2.24) is 0 Å². The summed E-state index contributed by atoms with van der Waals surface area (Å²) in [5, 5.41) is 0. The zero-order valence-electron chi connectivity index (χ0n) is 10.5. The van der Waals surface area contributed by atoms with Crippen LogP contribution in [0.4, 0.5) is 14.5 Å². The van der Waals surface area contributed by atoms with Gasteiger partial charge < -0.3 is 4.90 Å². The van der Waals surface area contributed by atoms with Crippen molar-refractivity contribution in [2.24, 2.45) is 0 Å². The van der Waals surface area contributed by atoms with Gasteiger partial charge in [-0.25, -0.2) is 8.78 Å². The maximum atomic E-state index is 13.4. The summed E-state index contributed by atoms with van der Waals surface area (Å²) in [6.07, 6.45) is 0. The molecular weight excluding hydrogens is 268 g/mol. The van der Waals surface area contributed by atoms with Crippen molar-refractivity contribution in [2.75, 3.05) is 11.9 Å². The first-order chi connectivity index (χ1) is 9.08. The molecule has 0 heterocycles. The van der Waals surface area contributed by atoms with Gasteiger partial charge in [-0.2, -0.15) is 0 Å². The maximum Gasteiger partial charge on any atom is 0.125 e. The van der Waals surface area contributed by atoms with E-state index in [1.54, 1.807) is 12.1 Å². The van der Waals surface area contributed by atoms with Gasteiger partial charge in [0.2, 0.25) is 0 Å². The lowest BCUT2D eigenvalue weighted by molar-refractivity contribution is 0.625. The minimum absolute atomic E-state index is 0.262. The van der Waals surface area contributed by atoms with Gasteiger partial charge in [0.05, 0.1) is 0 Å². The van der Waals surface area contributed by atoms with E-state index in [-0.39, 0.29) is 17.5 Å². The van der Waals surface area contributed by atoms with Crippen LogP contribution in [0.3, 0.4) is 0 Å². The van der Waals surface area contributed by atoms with Crippen molar-refractivity contribution in [3.63, 3.8) is 0 Å². The first kappa shape index (κ1) is 13.8. The molecule has 100 valence electrons. The number of anilines is 1. The average molecular weight is 282 g/mol. The molecule has 0 amide bonds. The third-order valence-electron chi connectivity index (χ3n) is 2.87. The smallest absolute Gasteiger partial charge is 0.125 e. The lowest BCUT2D eigenvalue weighted by Gasteiger charge is -2.20. The molecule has 0 bridgehead atoms. The minimum Gasteiger partial charge on any atom is -0.370 e. The molecule has 0 aliphatic heterocycles. The Hall–Kier alpha value is -1.61. The Morgan fingerprint density at radius 1 is 0.947 bits per heavy atom. The van der Waals surface area contributed by atoms with Crippen LogP contribution in [0.5, 0.6) is 0 Å². The van der Waals surface area contributed by atoms with Gasteiger partial charge in [0.15, 0.2) is 0 Å². The molecule has 0 aliphatic rings. The zero-order chi connectivity index (χ0) is 13.8. The van der Waals surface area contributed by atoms with E-state index >= 15 is 0 Å². The summed E-state index contributed by atoms with van der Waals surface area (Å²) >= 11 is 5.73. The van der Waals surface area contributed by atoms with E-state index in [2.05, 4.69) is 0 Å². The lowest BCUT2D eigenvalue weighted by atomic mass is 10.1. The van der Waals surface area contributed by atoms with Gasteiger partial charge in [-0.3, -0.25) is 0 Å². The fraction of sp³-hybridized carbons (Fsp3) is 0.200. The Morgan fingerprint density at radius 3 is 2.26 bits per heavy atom. The summed E-state index contributed by atoms with van der Waals surface area (Å²) < 4.78 is 26.3. The molecule has 0 aliphatic carbocycles. The summed E-state index contributed by atoms with van der Waals surface area (Å²) in [4.78, 5) is 1.90. The fourth-order valence-electron chi connectivity index (χ4n) is 1.89. The molecule has 0 N–H and O–H groups in total. The van der Waals surface area contributed by atoms with E-state index in [0.717, 1.165) is 16.8 Å². The Kier molecular flexibility index (Phi) is 4.38. The molecule has 2 rings (SSSR count). The van der Waals surface area contributed by atoms with Gasteiger partial charge >= 0.3 is 0 Å². The van der Waals surface area contributed by atoms with Crippen molar-refractivity contribution >= 4 is 17.3 Å². The lowest BCUT2D eigenvalue weighted by Crippen LogP contribution is -2.16. The quantitative estimate of drug-likeness (QED) is 0.754. The molecule has 19 heavy (non-hydrogen) atoms. The van der Waals surface area contributed by atoms with Crippen LogP contribution >= 0.6 is 11.6 Å². The molecule has 2 aromatic rings. The van der Waals surface area contributed by atoms with Crippen molar-refractivity contribution in [1.29, 1.82) is 0 Å². The first-order valence-electron chi connectivity index (χ1n) is 5.89. The van der Waals surface area contributed by atoms with E-state index in [9.17, 15) is 8.78 Å². The van der Waals surface area contributed by atoms with Crippen LogP contribution in [0, 0.1) is 11.6 Å². The van der Waals surface area contributed by atoms with Crippen molar-refractivity contribution in [2.45, 2.75) is 12.4 Å². The maximum absolute atomic E-state index is 13.4. The summed E-state index contributed by atoms with van der Waals surface area (Å²) in [7, 11) is 1.86. The van der Waals surface area contributed by atoms with Crippen LogP contribution < -0.4 is 4.90 Å². The van der Waals surface area contributed by atoms with Crippen LogP contribution in [0.15, 0.2) is 42.5 Å². The van der Waals surface area contributed by atoms with Gasteiger partial charge in [0, 0.05) is 25.2 Å². The molecule has 0 saturated heterocycles. The van der Waals surface area contributed by atoms with Crippen molar-refractivity contribution in [3.8, 4) is 0 Å². The topological polar surface area (TPSA) is 3.24 Å². The summed E-state index contributed by atoms with van der Waals surface area (Å²) in [6, 6.07) is 11.0. The standard InChI is InChI=1S/C15H14ClF2N/c1-19(10-11-2-4-13(17)5-3-11)15-7-12(9-16)6-14(18)8-15/h2-8H,9-10H2,1H3. The Labute approximate surface area is 116 Å². The van der Waals surface area contributed by atoms with Gasteiger partial charge in [0.25, 0.3) is 0 Å². The highest BCUT2D eigenvalue weighted by Gasteiger charge is 2.06. The fourth-order valence-corrected chi connectivity index (χ4v) is 2.04. The molecule has 2 aromatic carbocycles. The molecule has 0 atom stereocenters. The first-order valence-corrected chi connectivity index (χ1v) is 6.43. The minimum atomic E-state index is -0.306. The average Bonchev–Trinajstić information content (AvgIpc) is 2.40. The number of rotatable bonds is 4. The van der Waals surface area contributed by atoms with Gasteiger partial charge in [-0.1, -0.05) is 12.1 Å². The predicted molar refractivity (Wildman–Crippen MR) is 74.5 cm³/mol. The summed E-state index contributed by atoms with van der Waals surface area (Å²) in [6.45, 7) is 0.575. The largest absolute Gasteiger partial charge is 0.370 e. The number of alkyl halides is 1. The molecule has 0 unspecified atom stereocenters. The zero-order valence-corrected chi connectivity index (χ0v) is 11.3. The monoisotopic (exact) mass is 281 g/mol.